The molecule has 0 aromatic heterocycles. The SMILES string of the molecule is CCCCCOCCOCCCC. The molecule has 0 aromatic carbocycles. The lowest BCUT2D eigenvalue weighted by Crippen LogP contribution is -2.05. The van der Waals surface area contributed by atoms with Crippen molar-refractivity contribution in [2.75, 3.05) is 26.4 Å². The van der Waals surface area contributed by atoms with E-state index in [-0.39, 0.29) is 0 Å². The molecule has 0 rings (SSSR count). The summed E-state index contributed by atoms with van der Waals surface area (Å²) in [6.45, 7) is 7.66. The molecule has 0 spiro atoms. The molecule has 80 valence electrons. The molecule has 0 fully saturated rings. The third-order valence-electron chi connectivity index (χ3n) is 1.91. The summed E-state index contributed by atoms with van der Waals surface area (Å²) < 4.78 is 10.7. The summed E-state index contributed by atoms with van der Waals surface area (Å²) in [5, 5.41) is 0. The maximum absolute atomic E-state index is 5.39. The van der Waals surface area contributed by atoms with Crippen LogP contribution in [0.4, 0.5) is 0 Å². The fourth-order valence-electron chi connectivity index (χ4n) is 1.02. The van der Waals surface area contributed by atoms with E-state index >= 15 is 0 Å². The van der Waals surface area contributed by atoms with Crippen LogP contribution in [-0.4, -0.2) is 26.4 Å². The van der Waals surface area contributed by atoms with Gasteiger partial charge in [-0.25, -0.2) is 0 Å². The van der Waals surface area contributed by atoms with Crippen LogP contribution in [0, 0.1) is 0 Å². The second-order valence-electron chi connectivity index (χ2n) is 3.29. The highest BCUT2D eigenvalue weighted by molar-refractivity contribution is 4.37. The number of ether oxygens (including phenoxy) is 2. The number of unbranched alkanes of at least 4 members (excludes halogenated alkanes) is 3. The smallest absolute Gasteiger partial charge is 0.0700 e. The molecule has 0 N–H and O–H groups in total. The Balaban J connectivity index is 2.76. The molecular weight excluding hydrogens is 164 g/mol. The van der Waals surface area contributed by atoms with Gasteiger partial charge in [-0.2, -0.15) is 0 Å². The lowest BCUT2D eigenvalue weighted by Gasteiger charge is -2.04. The van der Waals surface area contributed by atoms with E-state index in [4.69, 9.17) is 9.47 Å². The first-order valence-electron chi connectivity index (χ1n) is 5.57. The Morgan fingerprint density at radius 1 is 0.615 bits per heavy atom. The number of rotatable bonds is 10. The normalized spacial score (nSPS) is 10.6. The molecule has 0 bridgehead atoms. The minimum absolute atomic E-state index is 0.756. The van der Waals surface area contributed by atoms with Gasteiger partial charge in [-0.3, -0.25) is 0 Å². The topological polar surface area (TPSA) is 18.5 Å². The molecule has 0 saturated heterocycles. The van der Waals surface area contributed by atoms with E-state index in [0.29, 0.717) is 0 Å². The van der Waals surface area contributed by atoms with Gasteiger partial charge in [-0.15, -0.1) is 0 Å². The first-order valence-corrected chi connectivity index (χ1v) is 5.57. The molecule has 0 heterocycles. The molecule has 0 amide bonds. The molecule has 2 nitrogen and oxygen atoms in total. The molecule has 13 heavy (non-hydrogen) atoms. The van der Waals surface area contributed by atoms with E-state index in [1.54, 1.807) is 0 Å². The third-order valence-corrected chi connectivity index (χ3v) is 1.91. The van der Waals surface area contributed by atoms with Gasteiger partial charge in [0.25, 0.3) is 0 Å². The van der Waals surface area contributed by atoms with Crippen molar-refractivity contribution in [1.82, 2.24) is 0 Å². The predicted molar refractivity (Wildman–Crippen MR) is 56.1 cm³/mol. The van der Waals surface area contributed by atoms with Gasteiger partial charge in [0.05, 0.1) is 13.2 Å². The molecule has 0 aliphatic heterocycles. The van der Waals surface area contributed by atoms with Crippen molar-refractivity contribution in [1.29, 1.82) is 0 Å². The van der Waals surface area contributed by atoms with E-state index in [2.05, 4.69) is 13.8 Å². The van der Waals surface area contributed by atoms with E-state index < -0.39 is 0 Å². The number of hydrogen-bond donors (Lipinski definition) is 0. The minimum Gasteiger partial charge on any atom is -0.379 e. The molecule has 0 radical (unpaired) electrons. The van der Waals surface area contributed by atoms with Gasteiger partial charge in [-0.05, 0) is 12.8 Å². The maximum atomic E-state index is 5.39. The van der Waals surface area contributed by atoms with Crippen molar-refractivity contribution < 1.29 is 9.47 Å². The van der Waals surface area contributed by atoms with Gasteiger partial charge in [-0.1, -0.05) is 33.1 Å². The fraction of sp³-hybridized carbons (Fsp3) is 1.00. The zero-order valence-electron chi connectivity index (χ0n) is 9.18. The van der Waals surface area contributed by atoms with Crippen LogP contribution in [0.25, 0.3) is 0 Å². The fourth-order valence-corrected chi connectivity index (χ4v) is 1.02. The van der Waals surface area contributed by atoms with Crippen LogP contribution in [0.3, 0.4) is 0 Å². The van der Waals surface area contributed by atoms with Crippen LogP contribution in [0.2, 0.25) is 0 Å². The summed E-state index contributed by atoms with van der Waals surface area (Å²) in [5.74, 6) is 0. The Labute approximate surface area is 82.6 Å². The summed E-state index contributed by atoms with van der Waals surface area (Å²) in [7, 11) is 0. The third kappa shape index (κ3) is 11.9. The van der Waals surface area contributed by atoms with Crippen molar-refractivity contribution in [2.45, 2.75) is 46.0 Å². The Hall–Kier alpha value is -0.0800. The summed E-state index contributed by atoms with van der Waals surface area (Å²) in [6, 6.07) is 0. The molecule has 2 heteroatoms. The van der Waals surface area contributed by atoms with Crippen LogP contribution in [0.15, 0.2) is 0 Å². The van der Waals surface area contributed by atoms with Gasteiger partial charge in [0, 0.05) is 13.2 Å². The van der Waals surface area contributed by atoms with Crippen LogP contribution >= 0.6 is 0 Å². The standard InChI is InChI=1S/C11H24O2/c1-3-5-7-9-13-11-10-12-8-6-4-2/h3-11H2,1-2H3. The maximum Gasteiger partial charge on any atom is 0.0700 e. The number of hydrogen-bond acceptors (Lipinski definition) is 2. The van der Waals surface area contributed by atoms with E-state index in [0.717, 1.165) is 32.8 Å². The Morgan fingerprint density at radius 3 is 1.69 bits per heavy atom. The molecule has 0 unspecified atom stereocenters. The first-order chi connectivity index (χ1) is 6.41. The van der Waals surface area contributed by atoms with E-state index in [9.17, 15) is 0 Å². The second kappa shape index (κ2) is 11.9. The quantitative estimate of drug-likeness (QED) is 0.491. The van der Waals surface area contributed by atoms with Crippen LogP contribution < -0.4 is 0 Å². The summed E-state index contributed by atoms with van der Waals surface area (Å²) in [4.78, 5) is 0. The van der Waals surface area contributed by atoms with Crippen molar-refractivity contribution >= 4 is 0 Å². The summed E-state index contributed by atoms with van der Waals surface area (Å²) in [6.07, 6.45) is 6.09. The van der Waals surface area contributed by atoms with E-state index in [1.807, 2.05) is 0 Å². The molecule has 0 aromatic rings. The van der Waals surface area contributed by atoms with Crippen molar-refractivity contribution in [3.8, 4) is 0 Å². The highest BCUT2D eigenvalue weighted by Crippen LogP contribution is 1.94. The monoisotopic (exact) mass is 188 g/mol. The minimum atomic E-state index is 0.756. The lowest BCUT2D eigenvalue weighted by molar-refractivity contribution is 0.0454. The van der Waals surface area contributed by atoms with Crippen LogP contribution in [0.1, 0.15) is 46.0 Å². The Morgan fingerprint density at radius 2 is 1.15 bits per heavy atom. The first kappa shape index (κ1) is 12.9. The second-order valence-corrected chi connectivity index (χ2v) is 3.29. The Kier molecular flexibility index (Phi) is 11.8. The zero-order valence-corrected chi connectivity index (χ0v) is 9.18. The zero-order chi connectivity index (χ0) is 9.78. The van der Waals surface area contributed by atoms with Gasteiger partial charge in [0.15, 0.2) is 0 Å². The van der Waals surface area contributed by atoms with Crippen LogP contribution in [0.5, 0.6) is 0 Å². The largest absolute Gasteiger partial charge is 0.379 e. The average molecular weight is 188 g/mol. The van der Waals surface area contributed by atoms with Gasteiger partial charge >= 0.3 is 0 Å². The lowest BCUT2D eigenvalue weighted by atomic mass is 10.3. The molecule has 0 saturated carbocycles. The average Bonchev–Trinajstić information content (AvgIpc) is 2.16. The molecular formula is C11H24O2. The highest BCUT2D eigenvalue weighted by atomic mass is 16.5. The van der Waals surface area contributed by atoms with Gasteiger partial charge < -0.3 is 9.47 Å². The highest BCUT2D eigenvalue weighted by Gasteiger charge is 1.89. The van der Waals surface area contributed by atoms with Crippen LogP contribution in [-0.2, 0) is 9.47 Å². The summed E-state index contributed by atoms with van der Waals surface area (Å²) >= 11 is 0. The van der Waals surface area contributed by atoms with Gasteiger partial charge in [0.2, 0.25) is 0 Å². The molecule has 0 aliphatic rings. The summed E-state index contributed by atoms with van der Waals surface area (Å²) in [5.41, 5.74) is 0. The van der Waals surface area contributed by atoms with Crippen molar-refractivity contribution in [3.63, 3.8) is 0 Å². The van der Waals surface area contributed by atoms with Crippen molar-refractivity contribution in [2.24, 2.45) is 0 Å². The van der Waals surface area contributed by atoms with E-state index in [1.165, 1.54) is 25.7 Å². The Bertz CT molecular complexity index is 74.2. The van der Waals surface area contributed by atoms with Gasteiger partial charge in [0.1, 0.15) is 0 Å². The molecule has 0 atom stereocenters. The molecule has 0 aliphatic carbocycles. The van der Waals surface area contributed by atoms with Crippen molar-refractivity contribution in [3.05, 3.63) is 0 Å². The predicted octanol–water partition coefficient (Wildman–Crippen LogP) is 3.01.